The zero-order valence-electron chi connectivity index (χ0n) is 18.2. The van der Waals surface area contributed by atoms with Crippen molar-refractivity contribution in [3.63, 3.8) is 0 Å². The van der Waals surface area contributed by atoms with Crippen LogP contribution in [0.25, 0.3) is 10.9 Å². The lowest BCUT2D eigenvalue weighted by Gasteiger charge is -2.35. The van der Waals surface area contributed by atoms with Gasteiger partial charge in [-0.1, -0.05) is 49.4 Å². The summed E-state index contributed by atoms with van der Waals surface area (Å²) in [6, 6.07) is 23.4. The maximum atomic E-state index is 13.8. The van der Waals surface area contributed by atoms with E-state index < -0.39 is 16.1 Å². The number of H-pyrrole nitrogens is 1. The molecule has 32 heavy (non-hydrogen) atoms. The van der Waals surface area contributed by atoms with Gasteiger partial charge in [0, 0.05) is 28.0 Å². The van der Waals surface area contributed by atoms with Gasteiger partial charge in [0.05, 0.1) is 10.9 Å². The van der Waals surface area contributed by atoms with Crippen LogP contribution in [0.15, 0.2) is 82.6 Å². The smallest absolute Gasteiger partial charge is 0.244 e. The Balaban J connectivity index is 1.67. The number of aromatic amines is 1. The van der Waals surface area contributed by atoms with Crippen molar-refractivity contribution in [1.29, 1.82) is 0 Å². The molecule has 0 unspecified atom stereocenters. The van der Waals surface area contributed by atoms with Crippen molar-refractivity contribution in [2.45, 2.75) is 35.6 Å². The van der Waals surface area contributed by atoms with E-state index in [1.165, 1.54) is 10.9 Å². The minimum atomic E-state index is -3.67. The number of rotatable bonds is 5. The number of hydrogen-bond acceptors (Lipinski definition) is 3. The van der Waals surface area contributed by atoms with Gasteiger partial charge in [-0.3, -0.25) is 0 Å². The molecule has 3 aromatic carbocycles. The number of fused-ring (bicyclic) bond motifs is 3. The summed E-state index contributed by atoms with van der Waals surface area (Å²) in [4.78, 5) is 5.06. The van der Waals surface area contributed by atoms with Gasteiger partial charge in [0.1, 0.15) is 0 Å². The first-order chi connectivity index (χ1) is 15.5. The molecule has 0 fully saturated rings. The minimum Gasteiger partial charge on any atom is -0.357 e. The van der Waals surface area contributed by atoms with Gasteiger partial charge < -0.3 is 4.98 Å². The van der Waals surface area contributed by atoms with Gasteiger partial charge in [0.25, 0.3) is 0 Å². The number of thioether (sulfide) groups is 1. The van der Waals surface area contributed by atoms with E-state index in [1.54, 1.807) is 28.2 Å². The van der Waals surface area contributed by atoms with Gasteiger partial charge in [-0.25, -0.2) is 8.42 Å². The molecule has 1 aliphatic rings. The van der Waals surface area contributed by atoms with E-state index in [0.29, 0.717) is 17.9 Å². The number of hydrogen-bond donors (Lipinski definition) is 1. The lowest BCUT2D eigenvalue weighted by Crippen LogP contribution is -2.40. The third kappa shape index (κ3) is 3.56. The highest BCUT2D eigenvalue weighted by Gasteiger charge is 2.39. The number of nitrogens with zero attached hydrogens (tertiary/aromatic N) is 1. The lowest BCUT2D eigenvalue weighted by molar-refractivity contribution is 0.340. The molecule has 1 atom stereocenters. The highest BCUT2D eigenvalue weighted by molar-refractivity contribution is 7.98. The van der Waals surface area contributed by atoms with Crippen molar-refractivity contribution in [2.75, 3.05) is 12.8 Å². The van der Waals surface area contributed by atoms with E-state index in [2.05, 4.69) is 48.3 Å². The quantitative estimate of drug-likeness (QED) is 0.382. The summed E-state index contributed by atoms with van der Waals surface area (Å²) in [5, 5.41) is 1.18. The maximum Gasteiger partial charge on any atom is 0.244 e. The van der Waals surface area contributed by atoms with E-state index in [-0.39, 0.29) is 0 Å². The molecule has 4 nitrogen and oxygen atoms in total. The summed E-state index contributed by atoms with van der Waals surface area (Å²) in [5.74, 6) is 0. The first-order valence-corrected chi connectivity index (χ1v) is 13.5. The number of nitrogens with one attached hydrogen (secondary N) is 1. The highest BCUT2D eigenvalue weighted by Crippen LogP contribution is 2.41. The van der Waals surface area contributed by atoms with Crippen LogP contribution in [-0.2, 0) is 22.9 Å². The molecule has 2 heterocycles. The SMILES string of the molecule is CCc1ccc(S(=O)(=O)N2CCc3c([nH]c4ccccc34)[C@H]2c2ccc(SC)cc2)cc1. The Hall–Kier alpha value is -2.54. The molecular weight excluding hydrogens is 436 g/mol. The molecule has 1 aromatic heterocycles. The lowest BCUT2D eigenvalue weighted by atomic mass is 9.94. The van der Waals surface area contributed by atoms with Crippen LogP contribution in [0.4, 0.5) is 0 Å². The molecule has 6 heteroatoms. The zero-order valence-corrected chi connectivity index (χ0v) is 19.8. The van der Waals surface area contributed by atoms with Crippen molar-refractivity contribution in [1.82, 2.24) is 9.29 Å². The molecule has 164 valence electrons. The largest absolute Gasteiger partial charge is 0.357 e. The van der Waals surface area contributed by atoms with Crippen LogP contribution in [0.2, 0.25) is 0 Å². The van der Waals surface area contributed by atoms with E-state index in [9.17, 15) is 8.42 Å². The number of para-hydroxylation sites is 1. The summed E-state index contributed by atoms with van der Waals surface area (Å²) in [6.45, 7) is 2.52. The van der Waals surface area contributed by atoms with Gasteiger partial charge in [-0.05, 0) is 66.1 Å². The van der Waals surface area contributed by atoms with E-state index in [1.807, 2.05) is 30.5 Å². The van der Waals surface area contributed by atoms with Crippen LogP contribution in [0.1, 0.15) is 35.3 Å². The normalized spacial score (nSPS) is 16.9. The fraction of sp³-hybridized carbons (Fsp3) is 0.231. The predicted octanol–water partition coefficient (Wildman–Crippen LogP) is 5.79. The zero-order chi connectivity index (χ0) is 22.3. The van der Waals surface area contributed by atoms with Crippen LogP contribution in [-0.4, -0.2) is 30.5 Å². The maximum absolute atomic E-state index is 13.8. The van der Waals surface area contributed by atoms with Crippen LogP contribution in [0, 0.1) is 0 Å². The Morgan fingerprint density at radius 1 is 1.00 bits per heavy atom. The third-order valence-electron chi connectivity index (χ3n) is 6.36. The summed E-state index contributed by atoms with van der Waals surface area (Å²) in [5.41, 5.74) is 5.35. The van der Waals surface area contributed by atoms with Crippen molar-refractivity contribution in [2.24, 2.45) is 0 Å². The topological polar surface area (TPSA) is 53.2 Å². The number of benzene rings is 3. The molecule has 0 radical (unpaired) electrons. The van der Waals surface area contributed by atoms with E-state index in [0.717, 1.165) is 33.7 Å². The van der Waals surface area contributed by atoms with Crippen LogP contribution in [0.3, 0.4) is 0 Å². The average Bonchev–Trinajstić information content (AvgIpc) is 3.22. The first kappa shape index (κ1) is 21.3. The molecule has 1 aliphatic heterocycles. The standard InChI is InChI=1S/C26H26N2O2S2/c1-3-18-8-14-21(15-9-18)32(29,30)28-17-16-23-22-6-4-5-7-24(22)27-25(23)26(28)19-10-12-20(31-2)13-11-19/h4-15,26-27H,3,16-17H2,1-2H3/t26-/m1/s1. The molecule has 0 aliphatic carbocycles. The second-order valence-corrected chi connectivity index (χ2v) is 10.9. The molecule has 0 saturated carbocycles. The molecule has 5 rings (SSSR count). The van der Waals surface area contributed by atoms with Crippen molar-refractivity contribution in [3.8, 4) is 0 Å². The molecule has 0 spiro atoms. The van der Waals surface area contributed by atoms with Crippen LogP contribution < -0.4 is 0 Å². The number of aromatic nitrogens is 1. The minimum absolute atomic E-state index is 0.347. The fourth-order valence-electron chi connectivity index (χ4n) is 4.63. The molecule has 0 saturated heterocycles. The fourth-order valence-corrected chi connectivity index (χ4v) is 6.62. The summed E-state index contributed by atoms with van der Waals surface area (Å²) in [7, 11) is -3.67. The van der Waals surface area contributed by atoms with Gasteiger partial charge in [0.15, 0.2) is 0 Å². The molecular formula is C26H26N2O2S2. The van der Waals surface area contributed by atoms with Crippen molar-refractivity contribution in [3.05, 3.63) is 95.2 Å². The number of aryl methyl sites for hydroxylation is 1. The Kier molecular flexibility index (Phi) is 5.61. The van der Waals surface area contributed by atoms with Crippen LogP contribution >= 0.6 is 11.8 Å². The second kappa shape index (κ2) is 8.43. The summed E-state index contributed by atoms with van der Waals surface area (Å²) in [6.07, 6.45) is 3.61. The molecule has 0 amide bonds. The monoisotopic (exact) mass is 462 g/mol. The van der Waals surface area contributed by atoms with E-state index in [4.69, 9.17) is 0 Å². The van der Waals surface area contributed by atoms with Gasteiger partial charge in [-0.15, -0.1) is 11.8 Å². The Bertz CT molecular complexity index is 1360. The van der Waals surface area contributed by atoms with Crippen LogP contribution in [0.5, 0.6) is 0 Å². The summed E-state index contributed by atoms with van der Waals surface area (Å²) >= 11 is 1.68. The van der Waals surface area contributed by atoms with Gasteiger partial charge >= 0.3 is 0 Å². The molecule has 0 bridgehead atoms. The molecule has 4 aromatic rings. The first-order valence-electron chi connectivity index (χ1n) is 10.9. The van der Waals surface area contributed by atoms with Gasteiger partial charge in [-0.2, -0.15) is 4.31 Å². The Morgan fingerprint density at radius 2 is 1.72 bits per heavy atom. The predicted molar refractivity (Wildman–Crippen MR) is 132 cm³/mol. The average molecular weight is 463 g/mol. The Morgan fingerprint density at radius 3 is 2.41 bits per heavy atom. The Labute approximate surface area is 193 Å². The third-order valence-corrected chi connectivity index (χ3v) is 8.98. The highest BCUT2D eigenvalue weighted by atomic mass is 32.2. The van der Waals surface area contributed by atoms with E-state index >= 15 is 0 Å². The van der Waals surface area contributed by atoms with Gasteiger partial charge in [0.2, 0.25) is 10.0 Å². The summed E-state index contributed by atoms with van der Waals surface area (Å²) < 4.78 is 29.3. The van der Waals surface area contributed by atoms with Crippen molar-refractivity contribution >= 4 is 32.7 Å². The van der Waals surface area contributed by atoms with Crippen molar-refractivity contribution < 1.29 is 8.42 Å². The molecule has 1 N–H and O–H groups in total. The second-order valence-electron chi connectivity index (χ2n) is 8.10. The number of sulfonamides is 1.